The van der Waals surface area contributed by atoms with Crippen molar-refractivity contribution in [3.05, 3.63) is 77.9 Å². The Balaban J connectivity index is 1.61. The monoisotopic (exact) mass is 319 g/mol. The van der Waals surface area contributed by atoms with Gasteiger partial charge in [-0.1, -0.05) is 48.5 Å². The number of phenolic OH excluding ortho intramolecular Hbond substituents is 1. The van der Waals surface area contributed by atoms with Crippen molar-refractivity contribution < 1.29 is 5.11 Å². The largest absolute Gasteiger partial charge is 0.508 e. The molecule has 0 spiro atoms. The summed E-state index contributed by atoms with van der Waals surface area (Å²) in [5.41, 5.74) is 2.67. The van der Waals surface area contributed by atoms with Gasteiger partial charge in [0.15, 0.2) is 0 Å². The molecule has 3 aromatic rings. The number of hydrogen-bond acceptors (Lipinski definition) is 2. The molecule has 2 N–H and O–H groups in total. The highest BCUT2D eigenvalue weighted by Crippen LogP contribution is 2.24. The van der Waals surface area contributed by atoms with Crippen LogP contribution in [-0.2, 0) is 6.42 Å². The first-order valence-corrected chi connectivity index (χ1v) is 8.64. The lowest BCUT2D eigenvalue weighted by molar-refractivity contribution is 0.456. The maximum atomic E-state index is 9.57. The van der Waals surface area contributed by atoms with Gasteiger partial charge >= 0.3 is 0 Å². The van der Waals surface area contributed by atoms with E-state index in [1.165, 1.54) is 11.1 Å². The van der Waals surface area contributed by atoms with Crippen LogP contribution in [0.25, 0.3) is 10.8 Å². The molecule has 124 valence electrons. The molecule has 24 heavy (non-hydrogen) atoms. The van der Waals surface area contributed by atoms with E-state index in [0.29, 0.717) is 17.8 Å². The summed E-state index contributed by atoms with van der Waals surface area (Å²) in [5.74, 6) is 0.316. The van der Waals surface area contributed by atoms with Gasteiger partial charge in [-0.05, 0) is 66.8 Å². The SMILES string of the molecule is CC(CCc1ccccc1)NC(C)c1ccc2cc(O)ccc2c1. The Morgan fingerprint density at radius 2 is 1.58 bits per heavy atom. The van der Waals surface area contributed by atoms with E-state index in [1.807, 2.05) is 6.07 Å². The summed E-state index contributed by atoms with van der Waals surface area (Å²) in [7, 11) is 0. The zero-order valence-electron chi connectivity index (χ0n) is 14.4. The number of aryl methyl sites for hydroxylation is 1. The molecule has 0 aromatic heterocycles. The van der Waals surface area contributed by atoms with Gasteiger partial charge in [-0.3, -0.25) is 0 Å². The molecule has 3 aromatic carbocycles. The Labute approximate surface area is 144 Å². The fraction of sp³-hybridized carbons (Fsp3) is 0.273. The van der Waals surface area contributed by atoms with Crippen LogP contribution in [0.3, 0.4) is 0 Å². The maximum absolute atomic E-state index is 9.57. The third kappa shape index (κ3) is 4.15. The van der Waals surface area contributed by atoms with E-state index in [2.05, 4.69) is 67.7 Å². The summed E-state index contributed by atoms with van der Waals surface area (Å²) in [6, 6.07) is 23.3. The molecular weight excluding hydrogens is 294 g/mol. The van der Waals surface area contributed by atoms with Gasteiger partial charge in [-0.2, -0.15) is 0 Å². The summed E-state index contributed by atoms with van der Waals surface area (Å²) >= 11 is 0. The topological polar surface area (TPSA) is 32.3 Å². The molecule has 0 bridgehead atoms. The van der Waals surface area contributed by atoms with Crippen molar-refractivity contribution in [2.24, 2.45) is 0 Å². The van der Waals surface area contributed by atoms with Crippen LogP contribution in [0.2, 0.25) is 0 Å². The molecule has 0 saturated carbocycles. The van der Waals surface area contributed by atoms with E-state index in [1.54, 1.807) is 12.1 Å². The zero-order chi connectivity index (χ0) is 16.9. The Kier molecular flexibility index (Phi) is 5.17. The minimum Gasteiger partial charge on any atom is -0.508 e. The summed E-state index contributed by atoms with van der Waals surface area (Å²) in [5, 5.41) is 15.5. The maximum Gasteiger partial charge on any atom is 0.116 e. The van der Waals surface area contributed by atoms with Crippen LogP contribution in [0.4, 0.5) is 0 Å². The molecule has 2 nitrogen and oxygen atoms in total. The predicted molar refractivity (Wildman–Crippen MR) is 101 cm³/mol. The summed E-state index contributed by atoms with van der Waals surface area (Å²) in [6.07, 6.45) is 2.22. The fourth-order valence-corrected chi connectivity index (χ4v) is 3.16. The summed E-state index contributed by atoms with van der Waals surface area (Å²) in [4.78, 5) is 0. The number of aromatic hydroxyl groups is 1. The second-order valence-electron chi connectivity index (χ2n) is 6.60. The van der Waals surface area contributed by atoms with Gasteiger partial charge in [0.2, 0.25) is 0 Å². The average Bonchev–Trinajstić information content (AvgIpc) is 2.60. The van der Waals surface area contributed by atoms with Crippen LogP contribution in [-0.4, -0.2) is 11.1 Å². The van der Waals surface area contributed by atoms with Gasteiger partial charge in [0.25, 0.3) is 0 Å². The van der Waals surface area contributed by atoms with Crippen LogP contribution in [0, 0.1) is 0 Å². The second-order valence-corrected chi connectivity index (χ2v) is 6.60. The van der Waals surface area contributed by atoms with Gasteiger partial charge in [0.05, 0.1) is 0 Å². The fourth-order valence-electron chi connectivity index (χ4n) is 3.16. The molecule has 2 heteroatoms. The van der Waals surface area contributed by atoms with Crippen molar-refractivity contribution in [3.63, 3.8) is 0 Å². The lowest BCUT2D eigenvalue weighted by Gasteiger charge is -2.21. The highest BCUT2D eigenvalue weighted by atomic mass is 16.3. The van der Waals surface area contributed by atoms with E-state index in [0.717, 1.165) is 23.6 Å². The van der Waals surface area contributed by atoms with Gasteiger partial charge in [0, 0.05) is 12.1 Å². The molecule has 0 aliphatic carbocycles. The highest BCUT2D eigenvalue weighted by Gasteiger charge is 2.10. The molecule has 2 atom stereocenters. The first-order valence-electron chi connectivity index (χ1n) is 8.64. The van der Waals surface area contributed by atoms with E-state index >= 15 is 0 Å². The van der Waals surface area contributed by atoms with E-state index in [9.17, 15) is 5.11 Å². The number of rotatable bonds is 6. The van der Waals surface area contributed by atoms with E-state index < -0.39 is 0 Å². The zero-order valence-corrected chi connectivity index (χ0v) is 14.4. The third-order valence-corrected chi connectivity index (χ3v) is 4.59. The summed E-state index contributed by atoms with van der Waals surface area (Å²) in [6.45, 7) is 4.46. The van der Waals surface area contributed by atoms with Gasteiger partial charge < -0.3 is 10.4 Å². The van der Waals surface area contributed by atoms with Crippen molar-refractivity contribution >= 4 is 10.8 Å². The van der Waals surface area contributed by atoms with Crippen LogP contribution >= 0.6 is 0 Å². The normalized spacial score (nSPS) is 13.8. The molecule has 3 rings (SSSR count). The Morgan fingerprint density at radius 1 is 0.875 bits per heavy atom. The lowest BCUT2D eigenvalue weighted by atomic mass is 10.0. The van der Waals surface area contributed by atoms with Crippen LogP contribution < -0.4 is 5.32 Å². The quantitative estimate of drug-likeness (QED) is 0.653. The first kappa shape index (κ1) is 16.5. The Bertz CT molecular complexity index is 797. The molecular formula is C22H25NO. The van der Waals surface area contributed by atoms with Crippen LogP contribution in [0.1, 0.15) is 37.4 Å². The summed E-state index contributed by atoms with van der Waals surface area (Å²) < 4.78 is 0. The van der Waals surface area contributed by atoms with Crippen LogP contribution in [0.5, 0.6) is 5.75 Å². The minimum atomic E-state index is 0.300. The predicted octanol–water partition coefficient (Wildman–Crippen LogP) is 5.22. The lowest BCUT2D eigenvalue weighted by Crippen LogP contribution is -2.29. The molecule has 0 saturated heterocycles. The van der Waals surface area contributed by atoms with Crippen LogP contribution in [0.15, 0.2) is 66.7 Å². The van der Waals surface area contributed by atoms with Gasteiger partial charge in [0.1, 0.15) is 5.75 Å². The van der Waals surface area contributed by atoms with Crippen molar-refractivity contribution in [1.29, 1.82) is 0 Å². The van der Waals surface area contributed by atoms with Gasteiger partial charge in [-0.25, -0.2) is 0 Å². The Morgan fingerprint density at radius 3 is 2.38 bits per heavy atom. The molecule has 2 unspecified atom stereocenters. The molecule has 0 aliphatic heterocycles. The Hall–Kier alpha value is -2.32. The van der Waals surface area contributed by atoms with Crippen molar-refractivity contribution in [2.45, 2.75) is 38.8 Å². The number of hydrogen-bond donors (Lipinski definition) is 2. The van der Waals surface area contributed by atoms with E-state index in [4.69, 9.17) is 0 Å². The highest BCUT2D eigenvalue weighted by molar-refractivity contribution is 5.84. The minimum absolute atomic E-state index is 0.300. The molecule has 0 amide bonds. The molecule has 0 radical (unpaired) electrons. The van der Waals surface area contributed by atoms with Crippen molar-refractivity contribution in [3.8, 4) is 5.75 Å². The van der Waals surface area contributed by atoms with Crippen molar-refractivity contribution in [2.75, 3.05) is 0 Å². The second kappa shape index (κ2) is 7.50. The number of fused-ring (bicyclic) bond motifs is 1. The number of benzene rings is 3. The standard InChI is InChI=1S/C22H25NO/c1-16(8-9-18-6-4-3-5-7-18)23-17(2)19-10-11-21-15-22(24)13-12-20(21)14-19/h3-7,10-17,23-24H,8-9H2,1-2H3. The number of phenols is 1. The van der Waals surface area contributed by atoms with Gasteiger partial charge in [-0.15, -0.1) is 0 Å². The smallest absolute Gasteiger partial charge is 0.116 e. The van der Waals surface area contributed by atoms with E-state index in [-0.39, 0.29) is 0 Å². The first-order chi connectivity index (χ1) is 11.6. The molecule has 0 fully saturated rings. The molecule has 0 aliphatic rings. The third-order valence-electron chi connectivity index (χ3n) is 4.59. The average molecular weight is 319 g/mol. The number of nitrogens with one attached hydrogen (secondary N) is 1. The molecule has 0 heterocycles. The van der Waals surface area contributed by atoms with Crippen molar-refractivity contribution in [1.82, 2.24) is 5.32 Å².